The van der Waals surface area contributed by atoms with Crippen LogP contribution in [0, 0.1) is 0 Å². The highest BCUT2D eigenvalue weighted by Crippen LogP contribution is 2.51. The molecule has 0 unspecified atom stereocenters. The van der Waals surface area contributed by atoms with E-state index < -0.39 is 0 Å². The van der Waals surface area contributed by atoms with E-state index in [1.807, 2.05) is 36.4 Å². The molecule has 4 heteroatoms. The van der Waals surface area contributed by atoms with Crippen molar-refractivity contribution in [3.8, 4) is 62.1 Å². The van der Waals surface area contributed by atoms with Crippen molar-refractivity contribution in [1.29, 1.82) is 0 Å². The number of nitrogens with zero attached hydrogens (tertiary/aromatic N) is 4. The lowest BCUT2D eigenvalue weighted by Gasteiger charge is -2.14. The fourth-order valence-corrected chi connectivity index (χ4v) is 7.40. The van der Waals surface area contributed by atoms with E-state index in [1.165, 1.54) is 49.5 Å². The van der Waals surface area contributed by atoms with Gasteiger partial charge >= 0.3 is 0 Å². The molecule has 0 spiro atoms. The number of hydrogen-bond acceptors (Lipinski definition) is 3. The monoisotopic (exact) mass is 598 g/mol. The van der Waals surface area contributed by atoms with Gasteiger partial charge < -0.3 is 0 Å². The summed E-state index contributed by atoms with van der Waals surface area (Å²) < 4.78 is 2.22. The van der Waals surface area contributed by atoms with Crippen molar-refractivity contribution in [2.75, 3.05) is 0 Å². The van der Waals surface area contributed by atoms with Gasteiger partial charge in [0.1, 0.15) is 0 Å². The molecule has 0 fully saturated rings. The van der Waals surface area contributed by atoms with Gasteiger partial charge in [0.15, 0.2) is 11.6 Å². The topological polar surface area (TPSA) is 43.6 Å². The molecule has 10 rings (SSSR count). The first kappa shape index (κ1) is 25.9. The molecule has 0 N–H and O–H groups in total. The number of benzene rings is 7. The predicted molar refractivity (Wildman–Crippen MR) is 192 cm³/mol. The van der Waals surface area contributed by atoms with E-state index in [1.54, 1.807) is 0 Å². The molecule has 0 radical (unpaired) electrons. The van der Waals surface area contributed by atoms with Gasteiger partial charge in [-0.3, -0.25) is 4.57 Å². The van der Waals surface area contributed by atoms with Crippen LogP contribution in [0.5, 0.6) is 0 Å². The molecule has 0 atom stereocenters. The van der Waals surface area contributed by atoms with E-state index in [0.717, 1.165) is 27.5 Å². The zero-order valence-corrected chi connectivity index (χ0v) is 25.3. The maximum Gasteiger partial charge on any atom is 0.238 e. The minimum atomic E-state index is 0.594. The summed E-state index contributed by atoms with van der Waals surface area (Å²) in [6.45, 7) is 0. The Morgan fingerprint density at radius 2 is 0.936 bits per heavy atom. The summed E-state index contributed by atoms with van der Waals surface area (Å²) in [4.78, 5) is 15.3. The van der Waals surface area contributed by atoms with E-state index in [0.29, 0.717) is 17.6 Å². The summed E-state index contributed by atoms with van der Waals surface area (Å²) in [7, 11) is 0. The first-order valence-electron chi connectivity index (χ1n) is 15.9. The Bertz CT molecular complexity index is 2610. The summed E-state index contributed by atoms with van der Waals surface area (Å²) in [6, 6.07) is 55.6. The van der Waals surface area contributed by atoms with Crippen molar-refractivity contribution in [2.45, 2.75) is 0 Å². The maximum absolute atomic E-state index is 5.15. The lowest BCUT2D eigenvalue weighted by atomic mass is 9.90. The molecule has 0 saturated carbocycles. The summed E-state index contributed by atoms with van der Waals surface area (Å²) in [5.74, 6) is 1.88. The Labute approximate surface area is 271 Å². The van der Waals surface area contributed by atoms with Gasteiger partial charge in [-0.2, -0.15) is 9.97 Å². The second-order valence-electron chi connectivity index (χ2n) is 12.0. The maximum atomic E-state index is 5.15. The molecule has 47 heavy (non-hydrogen) atoms. The molecule has 0 saturated heterocycles. The lowest BCUT2D eigenvalue weighted by Crippen LogP contribution is -2.06. The fraction of sp³-hybridized carbons (Fsp3) is 0. The van der Waals surface area contributed by atoms with Crippen LogP contribution in [0.4, 0.5) is 0 Å². The number of rotatable bonds is 3. The molecule has 218 valence electrons. The van der Waals surface area contributed by atoms with Gasteiger partial charge in [0.2, 0.25) is 5.95 Å². The number of aromatic nitrogens is 4. The quantitative estimate of drug-likeness (QED) is 0.203. The third-order valence-corrected chi connectivity index (χ3v) is 9.41. The largest absolute Gasteiger partial charge is 0.278 e. The summed E-state index contributed by atoms with van der Waals surface area (Å²) >= 11 is 0. The number of fused-ring (bicyclic) bond motifs is 9. The second kappa shape index (κ2) is 10.1. The highest BCUT2D eigenvalue weighted by Gasteiger charge is 2.26. The molecule has 2 aromatic heterocycles. The van der Waals surface area contributed by atoms with E-state index in [-0.39, 0.29) is 0 Å². The highest BCUT2D eigenvalue weighted by molar-refractivity contribution is 6.23. The summed E-state index contributed by atoms with van der Waals surface area (Å²) in [5, 5.41) is 4.90. The normalized spacial score (nSPS) is 11.8. The number of hydrogen-bond donors (Lipinski definition) is 0. The molecular formula is C43H26N4. The minimum absolute atomic E-state index is 0.594. The molecule has 0 aliphatic heterocycles. The smallest absolute Gasteiger partial charge is 0.238 e. The molecule has 7 aromatic carbocycles. The van der Waals surface area contributed by atoms with Crippen LogP contribution in [-0.2, 0) is 0 Å². The van der Waals surface area contributed by atoms with Crippen LogP contribution in [0.25, 0.3) is 94.7 Å². The van der Waals surface area contributed by atoms with E-state index in [2.05, 4.69) is 126 Å². The predicted octanol–water partition coefficient (Wildman–Crippen LogP) is 10.8. The van der Waals surface area contributed by atoms with Crippen molar-refractivity contribution >= 4 is 32.6 Å². The Balaban J connectivity index is 1.34. The third kappa shape index (κ3) is 3.85. The third-order valence-electron chi connectivity index (χ3n) is 9.41. The minimum Gasteiger partial charge on any atom is -0.278 e. The van der Waals surface area contributed by atoms with Gasteiger partial charge in [-0.25, -0.2) is 4.98 Å². The molecule has 2 heterocycles. The van der Waals surface area contributed by atoms with Crippen LogP contribution in [0.3, 0.4) is 0 Å². The molecule has 9 aromatic rings. The van der Waals surface area contributed by atoms with Gasteiger partial charge in [0.25, 0.3) is 0 Å². The molecule has 1 aliphatic carbocycles. The van der Waals surface area contributed by atoms with Crippen molar-refractivity contribution in [3.05, 3.63) is 158 Å². The zero-order chi connectivity index (χ0) is 30.9. The summed E-state index contributed by atoms with van der Waals surface area (Å²) in [6.07, 6.45) is 0. The van der Waals surface area contributed by atoms with Crippen molar-refractivity contribution in [3.63, 3.8) is 0 Å². The van der Waals surface area contributed by atoms with E-state index in [4.69, 9.17) is 15.0 Å². The first-order chi connectivity index (χ1) is 23.3. The molecule has 4 nitrogen and oxygen atoms in total. The standard InChI is InChI=1S/C43H26N4/c1-3-13-28(14-4-1)41-44-42(29-15-5-2-6-16-29)46-43(45-41)47-36-24-10-9-21-35(36)40-37(47)26-25-34-33-23-12-18-27-17-11-22-31(38(27)33)30-19-7-8-20-32(30)39(34)40/h1-26H. The van der Waals surface area contributed by atoms with Gasteiger partial charge in [0.05, 0.1) is 11.0 Å². The van der Waals surface area contributed by atoms with E-state index >= 15 is 0 Å². The average Bonchev–Trinajstić information content (AvgIpc) is 3.43. The molecular weight excluding hydrogens is 573 g/mol. The van der Waals surface area contributed by atoms with Crippen LogP contribution in [0.1, 0.15) is 0 Å². The summed E-state index contributed by atoms with van der Waals surface area (Å²) in [5.41, 5.74) is 11.5. The van der Waals surface area contributed by atoms with Gasteiger partial charge in [-0.1, -0.05) is 146 Å². The van der Waals surface area contributed by atoms with Crippen LogP contribution in [0.2, 0.25) is 0 Å². The van der Waals surface area contributed by atoms with Crippen LogP contribution in [0.15, 0.2) is 158 Å². The molecule has 1 aliphatic rings. The van der Waals surface area contributed by atoms with Crippen molar-refractivity contribution < 1.29 is 0 Å². The van der Waals surface area contributed by atoms with Crippen LogP contribution < -0.4 is 0 Å². The molecule has 0 bridgehead atoms. The lowest BCUT2D eigenvalue weighted by molar-refractivity contribution is 0.953. The zero-order valence-electron chi connectivity index (χ0n) is 25.3. The SMILES string of the molecule is c1ccc(-c2nc(-c3ccccc3)nc(-n3c4ccccc4c4c5c(ccc43)-c3cccc4cccc(c34)-c3ccccc3-5)n2)cc1. The van der Waals surface area contributed by atoms with Crippen LogP contribution in [-0.4, -0.2) is 19.5 Å². The van der Waals surface area contributed by atoms with Crippen molar-refractivity contribution in [2.24, 2.45) is 0 Å². The first-order valence-corrected chi connectivity index (χ1v) is 15.9. The van der Waals surface area contributed by atoms with Gasteiger partial charge in [0, 0.05) is 27.5 Å². The van der Waals surface area contributed by atoms with Gasteiger partial charge in [-0.15, -0.1) is 0 Å². The van der Waals surface area contributed by atoms with Crippen LogP contribution >= 0.6 is 0 Å². The fourth-order valence-electron chi connectivity index (χ4n) is 7.40. The Morgan fingerprint density at radius 1 is 0.362 bits per heavy atom. The Morgan fingerprint density at radius 3 is 1.64 bits per heavy atom. The Kier molecular flexibility index (Phi) is 5.54. The second-order valence-corrected chi connectivity index (χ2v) is 12.0. The van der Waals surface area contributed by atoms with Gasteiger partial charge in [-0.05, 0) is 50.7 Å². The average molecular weight is 599 g/mol. The number of para-hydroxylation sites is 1. The van der Waals surface area contributed by atoms with E-state index in [9.17, 15) is 0 Å². The Hall–Kier alpha value is -6.39. The highest BCUT2D eigenvalue weighted by atomic mass is 15.2. The molecule has 0 amide bonds. The van der Waals surface area contributed by atoms with Crippen molar-refractivity contribution in [1.82, 2.24) is 19.5 Å².